The van der Waals surface area contributed by atoms with Gasteiger partial charge in [0.05, 0.1) is 16.7 Å². The maximum Gasteiger partial charge on any atom is 0.311 e. The molecule has 0 radical (unpaired) electrons. The van der Waals surface area contributed by atoms with Gasteiger partial charge in [0.15, 0.2) is 5.75 Å². The van der Waals surface area contributed by atoms with Crippen molar-refractivity contribution >= 4 is 46.7 Å². The van der Waals surface area contributed by atoms with E-state index in [2.05, 4.69) is 0 Å². The molecule has 1 aromatic rings. The lowest BCUT2D eigenvalue weighted by atomic mass is 10.2. The highest BCUT2D eigenvalue weighted by molar-refractivity contribution is 6.40. The van der Waals surface area contributed by atoms with Crippen LogP contribution in [0.3, 0.4) is 0 Å². The lowest BCUT2D eigenvalue weighted by Gasteiger charge is -2.08. The Hall–Kier alpha value is -0.970. The molecule has 0 aliphatic carbocycles. The van der Waals surface area contributed by atoms with Crippen LogP contribution in [0.25, 0.3) is 0 Å². The molecule has 1 rings (SSSR count). The lowest BCUT2D eigenvalue weighted by Crippen LogP contribution is -2.11. The van der Waals surface area contributed by atoms with E-state index in [1.165, 1.54) is 12.1 Å². The van der Waals surface area contributed by atoms with Crippen LogP contribution in [0.2, 0.25) is 15.1 Å². The van der Waals surface area contributed by atoms with E-state index in [1.807, 2.05) is 6.92 Å². The van der Waals surface area contributed by atoms with Gasteiger partial charge in [0, 0.05) is 17.9 Å². The second-order valence-electron chi connectivity index (χ2n) is 4.60. The third kappa shape index (κ3) is 6.86. The average molecular weight is 368 g/mol. The molecule has 0 aromatic heterocycles. The van der Waals surface area contributed by atoms with Crippen LogP contribution in [0, 0.1) is 0 Å². The second-order valence-corrected chi connectivity index (χ2v) is 5.85. The van der Waals surface area contributed by atoms with Crippen molar-refractivity contribution in [2.24, 2.45) is 0 Å². The lowest BCUT2D eigenvalue weighted by molar-refractivity contribution is -0.144. The van der Waals surface area contributed by atoms with Crippen molar-refractivity contribution in [1.82, 2.24) is 0 Å². The monoisotopic (exact) mass is 366 g/mol. The maximum absolute atomic E-state index is 11.7. The molecule has 0 unspecified atom stereocenters. The molecule has 0 heterocycles. The number of carbonyl (C=O) groups is 2. The SMILES string of the molecule is CCCCOC(=O)CCCC(=O)Oc1c(Cl)cc(Cl)cc1Cl. The van der Waals surface area contributed by atoms with Gasteiger partial charge in [-0.05, 0) is 25.0 Å². The van der Waals surface area contributed by atoms with Crippen LogP contribution >= 0.6 is 34.8 Å². The quantitative estimate of drug-likeness (QED) is 0.366. The summed E-state index contributed by atoms with van der Waals surface area (Å²) in [4.78, 5) is 23.1. The van der Waals surface area contributed by atoms with Crippen LogP contribution in [0.15, 0.2) is 12.1 Å². The van der Waals surface area contributed by atoms with Crippen molar-refractivity contribution < 1.29 is 19.1 Å². The number of hydrogen-bond acceptors (Lipinski definition) is 4. The zero-order chi connectivity index (χ0) is 16.5. The number of benzene rings is 1. The summed E-state index contributed by atoms with van der Waals surface area (Å²) in [5.74, 6) is -0.764. The van der Waals surface area contributed by atoms with Gasteiger partial charge < -0.3 is 9.47 Å². The first kappa shape index (κ1) is 19.1. The van der Waals surface area contributed by atoms with Crippen molar-refractivity contribution in [2.75, 3.05) is 6.61 Å². The minimum absolute atomic E-state index is 0.0676. The molecule has 0 aliphatic heterocycles. The van der Waals surface area contributed by atoms with E-state index in [-0.39, 0.29) is 34.6 Å². The Bertz CT molecular complexity index is 509. The Morgan fingerprint density at radius 3 is 2.18 bits per heavy atom. The third-order valence-electron chi connectivity index (χ3n) is 2.70. The van der Waals surface area contributed by atoms with Gasteiger partial charge in [0.1, 0.15) is 0 Å². The predicted octanol–water partition coefficient (Wildman–Crippen LogP) is 5.07. The summed E-state index contributed by atoms with van der Waals surface area (Å²) in [6.07, 6.45) is 2.37. The van der Waals surface area contributed by atoms with Gasteiger partial charge in [-0.3, -0.25) is 9.59 Å². The van der Waals surface area contributed by atoms with Crippen LogP contribution in [0.5, 0.6) is 5.75 Å². The fraction of sp³-hybridized carbons (Fsp3) is 0.467. The summed E-state index contributed by atoms with van der Waals surface area (Å²) in [6, 6.07) is 2.87. The van der Waals surface area contributed by atoms with Crippen LogP contribution in [0.1, 0.15) is 39.0 Å². The topological polar surface area (TPSA) is 52.6 Å². The van der Waals surface area contributed by atoms with E-state index < -0.39 is 5.97 Å². The predicted molar refractivity (Wildman–Crippen MR) is 86.8 cm³/mol. The van der Waals surface area contributed by atoms with E-state index in [4.69, 9.17) is 44.3 Å². The molecule has 0 N–H and O–H groups in total. The minimum atomic E-state index is -0.521. The van der Waals surface area contributed by atoms with Gasteiger partial charge in [-0.1, -0.05) is 48.1 Å². The zero-order valence-corrected chi connectivity index (χ0v) is 14.4. The van der Waals surface area contributed by atoms with Crippen molar-refractivity contribution in [2.45, 2.75) is 39.0 Å². The first-order valence-electron chi connectivity index (χ1n) is 6.95. The normalized spacial score (nSPS) is 10.4. The Labute approximate surface area is 144 Å². The number of rotatable bonds is 8. The number of esters is 2. The maximum atomic E-state index is 11.7. The molecule has 0 bridgehead atoms. The molecule has 0 saturated heterocycles. The number of carbonyl (C=O) groups excluding carboxylic acids is 2. The Morgan fingerprint density at radius 2 is 1.59 bits per heavy atom. The van der Waals surface area contributed by atoms with Crippen molar-refractivity contribution in [1.29, 1.82) is 0 Å². The van der Waals surface area contributed by atoms with Gasteiger partial charge in [0.2, 0.25) is 0 Å². The summed E-state index contributed by atoms with van der Waals surface area (Å²) in [5.41, 5.74) is 0. The van der Waals surface area contributed by atoms with Crippen molar-refractivity contribution in [3.05, 3.63) is 27.2 Å². The molecule has 22 heavy (non-hydrogen) atoms. The fourth-order valence-corrected chi connectivity index (χ4v) is 2.47. The number of hydrogen-bond donors (Lipinski definition) is 0. The van der Waals surface area contributed by atoms with Gasteiger partial charge >= 0.3 is 11.9 Å². The van der Waals surface area contributed by atoms with Crippen LogP contribution in [-0.2, 0) is 14.3 Å². The van der Waals surface area contributed by atoms with Gasteiger partial charge in [-0.25, -0.2) is 0 Å². The number of unbranched alkanes of at least 4 members (excludes halogenated alkanes) is 1. The first-order chi connectivity index (χ1) is 10.4. The Kier molecular flexibility index (Phi) is 8.61. The van der Waals surface area contributed by atoms with Crippen molar-refractivity contribution in [3.8, 4) is 5.75 Å². The standard InChI is InChI=1S/C15H17Cl3O4/c1-2-3-7-21-13(19)5-4-6-14(20)22-15-11(17)8-10(16)9-12(15)18/h8-9H,2-7H2,1H3. The smallest absolute Gasteiger partial charge is 0.311 e. The number of halogens is 3. The molecule has 0 aliphatic rings. The van der Waals surface area contributed by atoms with E-state index in [9.17, 15) is 9.59 Å². The zero-order valence-electron chi connectivity index (χ0n) is 12.2. The molecular formula is C15H17Cl3O4. The van der Waals surface area contributed by atoms with Crippen molar-refractivity contribution in [3.63, 3.8) is 0 Å². The fourth-order valence-electron chi connectivity index (χ4n) is 1.57. The molecule has 7 heteroatoms. The van der Waals surface area contributed by atoms with Gasteiger partial charge in [0.25, 0.3) is 0 Å². The summed E-state index contributed by atoms with van der Waals surface area (Å²) >= 11 is 17.6. The molecule has 4 nitrogen and oxygen atoms in total. The van der Waals surface area contributed by atoms with Crippen LogP contribution in [-0.4, -0.2) is 18.5 Å². The number of ether oxygens (including phenoxy) is 2. The molecule has 0 fully saturated rings. The summed E-state index contributed by atoms with van der Waals surface area (Å²) in [7, 11) is 0. The Balaban J connectivity index is 2.37. The van der Waals surface area contributed by atoms with Gasteiger partial charge in [-0.15, -0.1) is 0 Å². The summed E-state index contributed by atoms with van der Waals surface area (Å²) in [6.45, 7) is 2.42. The average Bonchev–Trinajstić information content (AvgIpc) is 2.43. The first-order valence-corrected chi connectivity index (χ1v) is 8.08. The van der Waals surface area contributed by atoms with E-state index in [0.29, 0.717) is 18.1 Å². The minimum Gasteiger partial charge on any atom is -0.466 e. The summed E-state index contributed by atoms with van der Waals surface area (Å²) < 4.78 is 10.1. The van der Waals surface area contributed by atoms with Crippen LogP contribution < -0.4 is 4.74 Å². The molecule has 122 valence electrons. The molecule has 0 amide bonds. The highest BCUT2D eigenvalue weighted by Gasteiger charge is 2.14. The third-order valence-corrected chi connectivity index (χ3v) is 3.48. The van der Waals surface area contributed by atoms with Gasteiger partial charge in [-0.2, -0.15) is 0 Å². The van der Waals surface area contributed by atoms with E-state index >= 15 is 0 Å². The van der Waals surface area contributed by atoms with E-state index in [0.717, 1.165) is 12.8 Å². The molecule has 1 aromatic carbocycles. The molecular weight excluding hydrogens is 351 g/mol. The highest BCUT2D eigenvalue weighted by atomic mass is 35.5. The highest BCUT2D eigenvalue weighted by Crippen LogP contribution is 2.36. The Morgan fingerprint density at radius 1 is 1.00 bits per heavy atom. The summed E-state index contributed by atoms with van der Waals surface area (Å²) in [5, 5.41) is 0.666. The van der Waals surface area contributed by atoms with E-state index in [1.54, 1.807) is 0 Å². The molecule has 0 spiro atoms. The largest absolute Gasteiger partial charge is 0.466 e. The van der Waals surface area contributed by atoms with Crippen LogP contribution in [0.4, 0.5) is 0 Å². The molecule has 0 saturated carbocycles. The molecule has 0 atom stereocenters. The second kappa shape index (κ2) is 9.93.